The minimum absolute atomic E-state index is 0.649. The molecule has 0 saturated heterocycles. The van der Waals surface area contributed by atoms with Gasteiger partial charge in [-0.1, -0.05) is 48.6 Å². The van der Waals surface area contributed by atoms with Gasteiger partial charge in [-0.05, 0) is 49.7 Å². The number of methoxy groups -OCH3 is 4. The molecule has 200 valence electrons. The molecule has 7 nitrogen and oxygen atoms in total. The molecule has 0 radical (unpaired) electrons. The Labute approximate surface area is 232 Å². The summed E-state index contributed by atoms with van der Waals surface area (Å²) in [5.41, 5.74) is 6.82. The van der Waals surface area contributed by atoms with Crippen molar-refractivity contribution in [1.82, 2.24) is 14.8 Å². The van der Waals surface area contributed by atoms with Gasteiger partial charge in [-0.3, -0.25) is 0 Å². The lowest BCUT2D eigenvalue weighted by Gasteiger charge is -2.12. The second kappa shape index (κ2) is 11.2. The van der Waals surface area contributed by atoms with Crippen molar-refractivity contribution in [2.75, 3.05) is 28.4 Å². The van der Waals surface area contributed by atoms with E-state index in [9.17, 15) is 0 Å². The van der Waals surface area contributed by atoms with Gasteiger partial charge in [0, 0.05) is 27.1 Å². The minimum Gasteiger partial charge on any atom is -0.493 e. The van der Waals surface area contributed by atoms with Crippen molar-refractivity contribution in [3.8, 4) is 61.9 Å². The Balaban J connectivity index is 1.77. The molecular weight excluding hydrogens is 510 g/mol. The van der Waals surface area contributed by atoms with Crippen molar-refractivity contribution in [2.24, 2.45) is 0 Å². The van der Waals surface area contributed by atoms with Gasteiger partial charge in [0.25, 0.3) is 0 Å². The minimum atomic E-state index is 0.649. The Morgan fingerprint density at radius 3 is 1.87 bits per heavy atom. The fourth-order valence-electron chi connectivity index (χ4n) is 4.76. The number of thiazole rings is 1. The molecule has 0 amide bonds. The zero-order valence-corrected chi connectivity index (χ0v) is 23.8. The van der Waals surface area contributed by atoms with Crippen LogP contribution < -0.4 is 18.9 Å². The maximum Gasteiger partial charge on any atom is 0.211 e. The number of hydrogen-bond donors (Lipinski definition) is 0. The molecule has 0 bridgehead atoms. The standard InChI is InChI=1S/C31H31N3O4S/c1-7-23-29(21-13-15-24(35-3)26(17-21)37-5)33-34(30(23)22-14-16-25(36-4)27(18-22)38-6)31-32-28(19(2)39-31)20-11-9-8-10-12-20/h8-18H,7H2,1-6H3. The normalized spacial score (nSPS) is 10.9. The van der Waals surface area contributed by atoms with Gasteiger partial charge in [-0.15, -0.1) is 0 Å². The summed E-state index contributed by atoms with van der Waals surface area (Å²) in [5.74, 6) is 2.64. The van der Waals surface area contributed by atoms with Crippen LogP contribution in [0.15, 0.2) is 66.7 Å². The lowest BCUT2D eigenvalue weighted by Crippen LogP contribution is -2.00. The van der Waals surface area contributed by atoms with Crippen LogP contribution in [0.1, 0.15) is 17.4 Å². The number of aromatic nitrogens is 3. The van der Waals surface area contributed by atoms with E-state index in [0.29, 0.717) is 23.0 Å². The van der Waals surface area contributed by atoms with Gasteiger partial charge in [0.1, 0.15) is 0 Å². The summed E-state index contributed by atoms with van der Waals surface area (Å²) in [6, 6.07) is 22.0. The highest BCUT2D eigenvalue weighted by Crippen LogP contribution is 2.41. The van der Waals surface area contributed by atoms with Gasteiger partial charge in [-0.2, -0.15) is 5.10 Å². The van der Waals surface area contributed by atoms with Crippen molar-refractivity contribution in [1.29, 1.82) is 0 Å². The molecule has 0 aliphatic carbocycles. The highest BCUT2D eigenvalue weighted by atomic mass is 32.1. The summed E-state index contributed by atoms with van der Waals surface area (Å²) in [6.45, 7) is 4.23. The molecular formula is C31H31N3O4S. The zero-order chi connectivity index (χ0) is 27.5. The smallest absolute Gasteiger partial charge is 0.211 e. The molecule has 0 N–H and O–H groups in total. The van der Waals surface area contributed by atoms with Gasteiger partial charge >= 0.3 is 0 Å². The third kappa shape index (κ3) is 4.83. The van der Waals surface area contributed by atoms with Crippen molar-refractivity contribution < 1.29 is 18.9 Å². The van der Waals surface area contributed by atoms with Crippen LogP contribution in [-0.4, -0.2) is 43.2 Å². The third-order valence-electron chi connectivity index (χ3n) is 6.66. The molecule has 0 aliphatic heterocycles. The Hall–Kier alpha value is -4.30. The topological polar surface area (TPSA) is 67.6 Å². The van der Waals surface area contributed by atoms with Crippen molar-refractivity contribution >= 4 is 11.3 Å². The number of ether oxygens (including phenoxy) is 4. The fourth-order valence-corrected chi connectivity index (χ4v) is 5.65. The summed E-state index contributed by atoms with van der Waals surface area (Å²) in [7, 11) is 6.55. The summed E-state index contributed by atoms with van der Waals surface area (Å²) in [6.07, 6.45) is 0.753. The van der Waals surface area contributed by atoms with Crippen LogP contribution in [0.4, 0.5) is 0 Å². The molecule has 0 saturated carbocycles. The van der Waals surface area contributed by atoms with E-state index in [-0.39, 0.29) is 0 Å². The number of hydrogen-bond acceptors (Lipinski definition) is 7. The van der Waals surface area contributed by atoms with Crippen molar-refractivity contribution in [2.45, 2.75) is 20.3 Å². The second-order valence-corrected chi connectivity index (χ2v) is 10.0. The summed E-state index contributed by atoms with van der Waals surface area (Å²) >= 11 is 1.62. The molecule has 0 fully saturated rings. The summed E-state index contributed by atoms with van der Waals surface area (Å²) < 4.78 is 24.2. The predicted octanol–water partition coefficient (Wildman–Crippen LogP) is 7.24. The molecule has 3 aromatic carbocycles. The summed E-state index contributed by atoms with van der Waals surface area (Å²) in [5, 5.41) is 5.96. The Morgan fingerprint density at radius 1 is 0.692 bits per heavy atom. The zero-order valence-electron chi connectivity index (χ0n) is 22.9. The summed E-state index contributed by atoms with van der Waals surface area (Å²) in [4.78, 5) is 6.20. The first-order valence-corrected chi connectivity index (χ1v) is 13.4. The average molecular weight is 542 g/mol. The second-order valence-electron chi connectivity index (χ2n) is 8.85. The van der Waals surface area contributed by atoms with Crippen LogP contribution in [0, 0.1) is 6.92 Å². The molecule has 39 heavy (non-hydrogen) atoms. The van der Waals surface area contributed by atoms with Crippen molar-refractivity contribution in [3.63, 3.8) is 0 Å². The lowest BCUT2D eigenvalue weighted by atomic mass is 9.99. The largest absolute Gasteiger partial charge is 0.493 e. The van der Waals surface area contributed by atoms with E-state index in [1.807, 2.05) is 59.3 Å². The van der Waals surface area contributed by atoms with E-state index < -0.39 is 0 Å². The molecule has 0 atom stereocenters. The van der Waals surface area contributed by atoms with Gasteiger partial charge in [0.05, 0.1) is 45.5 Å². The molecule has 0 aliphatic rings. The van der Waals surface area contributed by atoms with Gasteiger partial charge in [0.15, 0.2) is 23.0 Å². The monoisotopic (exact) mass is 541 g/mol. The quantitative estimate of drug-likeness (QED) is 0.196. The van der Waals surface area contributed by atoms with Gasteiger partial charge in [0.2, 0.25) is 5.13 Å². The molecule has 0 spiro atoms. The molecule has 2 heterocycles. The van der Waals surface area contributed by atoms with Crippen LogP contribution in [0.2, 0.25) is 0 Å². The SMILES string of the molecule is CCc1c(-c2ccc(OC)c(OC)c2)nn(-c2nc(-c3ccccc3)c(C)s2)c1-c1ccc(OC)c(OC)c1. The van der Waals surface area contributed by atoms with Crippen molar-refractivity contribution in [3.05, 3.63) is 77.2 Å². The number of benzene rings is 3. The molecule has 2 aromatic heterocycles. The van der Waals surface area contributed by atoms with E-state index in [2.05, 4.69) is 26.0 Å². The number of rotatable bonds is 9. The van der Waals surface area contributed by atoms with E-state index >= 15 is 0 Å². The van der Waals surface area contributed by atoms with Crippen LogP contribution in [0.5, 0.6) is 23.0 Å². The first-order valence-electron chi connectivity index (χ1n) is 12.6. The molecule has 5 rings (SSSR count). The van der Waals surface area contributed by atoms with Crippen LogP contribution in [0.3, 0.4) is 0 Å². The third-order valence-corrected chi connectivity index (χ3v) is 7.61. The molecule has 0 unspecified atom stereocenters. The Bertz CT molecular complexity index is 1610. The Morgan fingerprint density at radius 2 is 1.28 bits per heavy atom. The predicted molar refractivity (Wildman–Crippen MR) is 156 cm³/mol. The van der Waals surface area contributed by atoms with E-state index in [0.717, 1.165) is 55.8 Å². The highest BCUT2D eigenvalue weighted by molar-refractivity contribution is 7.14. The average Bonchev–Trinajstić information content (AvgIpc) is 3.57. The van der Waals surface area contributed by atoms with E-state index in [1.54, 1.807) is 39.8 Å². The highest BCUT2D eigenvalue weighted by Gasteiger charge is 2.25. The fraction of sp³-hybridized carbons (Fsp3) is 0.226. The maximum atomic E-state index is 5.65. The first-order chi connectivity index (χ1) is 19.0. The van der Waals surface area contributed by atoms with E-state index in [1.165, 1.54) is 0 Å². The van der Waals surface area contributed by atoms with Gasteiger partial charge in [-0.25, -0.2) is 9.67 Å². The number of nitrogens with zero attached hydrogens (tertiary/aromatic N) is 3. The molecule has 8 heteroatoms. The van der Waals surface area contributed by atoms with Gasteiger partial charge < -0.3 is 18.9 Å². The molecule has 5 aromatic rings. The van der Waals surface area contributed by atoms with Crippen LogP contribution in [-0.2, 0) is 6.42 Å². The lowest BCUT2D eigenvalue weighted by molar-refractivity contribution is 0.355. The van der Waals surface area contributed by atoms with Crippen LogP contribution >= 0.6 is 11.3 Å². The maximum absolute atomic E-state index is 5.65. The Kier molecular flexibility index (Phi) is 7.56. The number of aryl methyl sites for hydroxylation is 1. The van der Waals surface area contributed by atoms with Crippen LogP contribution in [0.25, 0.3) is 38.9 Å². The van der Waals surface area contributed by atoms with E-state index in [4.69, 9.17) is 29.0 Å². The first kappa shape index (κ1) is 26.3.